The molecule has 0 amide bonds. The van der Waals surface area contributed by atoms with Crippen molar-refractivity contribution in [3.63, 3.8) is 0 Å². The molecule has 0 spiro atoms. The molecule has 2 aliphatic rings. The smallest absolute Gasteiger partial charge is 0.337 e. The average molecular weight is 561 g/mol. The minimum Gasteiger partial charge on any atom is -0.461 e. The fraction of sp³-hybridized carbons (Fsp3) is 0.379. The Bertz CT molecular complexity index is 1280. The Morgan fingerprint density at radius 1 is 1.05 bits per heavy atom. The van der Waals surface area contributed by atoms with Crippen LogP contribution in [-0.4, -0.2) is 49.9 Å². The number of nitrogens with one attached hydrogen (secondary N) is 1. The molecule has 1 N–H and O–H groups in total. The molecule has 210 valence electrons. The number of esters is 2. The minimum absolute atomic E-state index is 0. The third-order valence-corrected chi connectivity index (χ3v) is 6.35. The summed E-state index contributed by atoms with van der Waals surface area (Å²) in [4.78, 5) is 28.8. The Balaban J connectivity index is 0.00000420. The molecule has 0 radical (unpaired) electrons. The summed E-state index contributed by atoms with van der Waals surface area (Å²) in [5.41, 5.74) is 3.35. The molecule has 0 unspecified atom stereocenters. The average Bonchev–Trinajstić information content (AvgIpc) is 3.33. The van der Waals surface area contributed by atoms with E-state index in [1.54, 1.807) is 52.0 Å². The number of carbonyl (C=O) groups excluding carboxylic acids is 2. The van der Waals surface area contributed by atoms with Gasteiger partial charge in [0.25, 0.3) is 0 Å². The van der Waals surface area contributed by atoms with Crippen molar-refractivity contribution in [1.82, 2.24) is 10.2 Å². The van der Waals surface area contributed by atoms with Crippen molar-refractivity contribution in [1.29, 1.82) is 0 Å². The Morgan fingerprint density at radius 3 is 2.38 bits per heavy atom. The molecular weight excluding hydrogens is 527 g/mol. The first-order valence-corrected chi connectivity index (χ1v) is 12.5. The van der Waals surface area contributed by atoms with Gasteiger partial charge < -0.3 is 24.3 Å². The SMILES string of the molecule is CC1=C(C(=O)OCCN(C)Cc2ccc(F)cc2)[C@H](c2cccc3c2OCO3)C(C(=O)OC(C)C)=C(C)N1.Cl. The monoisotopic (exact) mass is 560 g/mol. The van der Waals surface area contributed by atoms with Crippen LogP contribution in [-0.2, 0) is 25.6 Å². The number of likely N-dealkylation sites (N-methyl/N-ethyl adjacent to an activating group) is 1. The highest BCUT2D eigenvalue weighted by Gasteiger charge is 2.40. The first kappa shape index (κ1) is 30.0. The van der Waals surface area contributed by atoms with Crippen LogP contribution in [0.2, 0.25) is 0 Å². The Kier molecular flexibility index (Phi) is 9.99. The van der Waals surface area contributed by atoms with Gasteiger partial charge in [-0.1, -0.05) is 24.3 Å². The van der Waals surface area contributed by atoms with Crippen LogP contribution >= 0.6 is 12.4 Å². The molecule has 0 saturated carbocycles. The maximum absolute atomic E-state index is 13.5. The normalized spacial score (nSPS) is 16.3. The summed E-state index contributed by atoms with van der Waals surface area (Å²) >= 11 is 0. The van der Waals surface area contributed by atoms with Crippen molar-refractivity contribution in [3.8, 4) is 11.5 Å². The summed E-state index contributed by atoms with van der Waals surface area (Å²) in [5, 5.41) is 3.16. The van der Waals surface area contributed by atoms with E-state index in [9.17, 15) is 14.0 Å². The van der Waals surface area contributed by atoms with Gasteiger partial charge in [0.2, 0.25) is 6.79 Å². The number of rotatable bonds is 9. The van der Waals surface area contributed by atoms with Crippen molar-refractivity contribution < 1.29 is 32.9 Å². The molecule has 0 bridgehead atoms. The van der Waals surface area contributed by atoms with Gasteiger partial charge in [-0.3, -0.25) is 4.90 Å². The number of benzene rings is 2. The van der Waals surface area contributed by atoms with Crippen LogP contribution in [0, 0.1) is 5.82 Å². The molecule has 4 rings (SSSR count). The number of hydrogen-bond donors (Lipinski definition) is 1. The second-order valence-electron chi connectivity index (χ2n) is 9.67. The highest BCUT2D eigenvalue weighted by atomic mass is 35.5. The van der Waals surface area contributed by atoms with E-state index in [-0.39, 0.29) is 37.7 Å². The minimum atomic E-state index is -0.774. The molecule has 0 aromatic heterocycles. The van der Waals surface area contributed by atoms with Gasteiger partial charge in [-0.2, -0.15) is 0 Å². The number of fused-ring (bicyclic) bond motifs is 1. The lowest BCUT2D eigenvalue weighted by molar-refractivity contribution is -0.143. The predicted octanol–water partition coefficient (Wildman–Crippen LogP) is 4.84. The Morgan fingerprint density at radius 2 is 1.72 bits per heavy atom. The molecule has 2 aromatic rings. The molecule has 39 heavy (non-hydrogen) atoms. The quantitative estimate of drug-likeness (QED) is 0.436. The van der Waals surface area contributed by atoms with Crippen molar-refractivity contribution in [2.75, 3.05) is 27.0 Å². The van der Waals surface area contributed by atoms with E-state index in [1.807, 2.05) is 18.0 Å². The van der Waals surface area contributed by atoms with E-state index in [1.165, 1.54) is 12.1 Å². The predicted molar refractivity (Wildman–Crippen MR) is 146 cm³/mol. The van der Waals surface area contributed by atoms with Gasteiger partial charge in [-0.15, -0.1) is 12.4 Å². The molecule has 1 atom stereocenters. The van der Waals surface area contributed by atoms with Crippen LogP contribution in [0.25, 0.3) is 0 Å². The van der Waals surface area contributed by atoms with Crippen LogP contribution in [0.15, 0.2) is 65.0 Å². The zero-order chi connectivity index (χ0) is 27.4. The second-order valence-corrected chi connectivity index (χ2v) is 9.67. The second kappa shape index (κ2) is 13.0. The van der Waals surface area contributed by atoms with E-state index in [0.29, 0.717) is 52.7 Å². The fourth-order valence-electron chi connectivity index (χ4n) is 4.66. The zero-order valence-electron chi connectivity index (χ0n) is 22.7. The highest BCUT2D eigenvalue weighted by molar-refractivity contribution is 6.00. The summed E-state index contributed by atoms with van der Waals surface area (Å²) in [6, 6.07) is 11.7. The van der Waals surface area contributed by atoms with Gasteiger partial charge in [0, 0.05) is 30.0 Å². The molecule has 0 fully saturated rings. The molecular formula is C29H34ClFN2O6. The van der Waals surface area contributed by atoms with Crippen LogP contribution in [0.1, 0.15) is 44.7 Å². The summed E-state index contributed by atoms with van der Waals surface area (Å²) < 4.78 is 35.8. The summed E-state index contributed by atoms with van der Waals surface area (Å²) in [7, 11) is 1.89. The largest absolute Gasteiger partial charge is 0.461 e. The van der Waals surface area contributed by atoms with Gasteiger partial charge in [-0.25, -0.2) is 14.0 Å². The summed E-state index contributed by atoms with van der Waals surface area (Å²) in [5.74, 6) is -1.10. The molecule has 2 heterocycles. The van der Waals surface area contributed by atoms with Crippen molar-refractivity contribution in [2.24, 2.45) is 0 Å². The number of hydrogen-bond acceptors (Lipinski definition) is 8. The number of nitrogens with zero attached hydrogens (tertiary/aromatic N) is 1. The van der Waals surface area contributed by atoms with E-state index in [0.717, 1.165) is 5.56 Å². The van der Waals surface area contributed by atoms with Gasteiger partial charge in [0.05, 0.1) is 23.2 Å². The third-order valence-electron chi connectivity index (χ3n) is 6.35. The first-order valence-electron chi connectivity index (χ1n) is 12.5. The lowest BCUT2D eigenvalue weighted by Gasteiger charge is -2.31. The first-order chi connectivity index (χ1) is 18.2. The molecule has 0 aliphatic carbocycles. The number of para-hydroxylation sites is 1. The van der Waals surface area contributed by atoms with Crippen molar-refractivity contribution >= 4 is 24.3 Å². The zero-order valence-corrected chi connectivity index (χ0v) is 23.5. The van der Waals surface area contributed by atoms with Crippen LogP contribution in [0.4, 0.5) is 4.39 Å². The van der Waals surface area contributed by atoms with Crippen LogP contribution in [0.3, 0.4) is 0 Å². The topological polar surface area (TPSA) is 86.3 Å². The standard InChI is InChI=1S/C29H33FN2O6.ClH/c1-17(2)38-29(34)25-19(4)31-18(3)24(26(25)22-7-6-8-23-27(22)37-16-36-23)28(33)35-14-13-32(5)15-20-9-11-21(30)12-10-20;/h6-12,17,26,31H,13-16H2,1-5H3;1H/t26-;/m0./s1. The maximum atomic E-state index is 13.5. The molecule has 2 aromatic carbocycles. The van der Waals surface area contributed by atoms with Crippen LogP contribution in [0.5, 0.6) is 11.5 Å². The highest BCUT2D eigenvalue weighted by Crippen LogP contribution is 2.47. The molecule has 8 nitrogen and oxygen atoms in total. The lowest BCUT2D eigenvalue weighted by Crippen LogP contribution is -2.34. The number of halogens is 2. The Hall–Kier alpha value is -3.56. The van der Waals surface area contributed by atoms with E-state index in [2.05, 4.69) is 5.32 Å². The number of ether oxygens (including phenoxy) is 4. The number of allylic oxidation sites excluding steroid dienone is 2. The van der Waals surface area contributed by atoms with E-state index in [4.69, 9.17) is 18.9 Å². The van der Waals surface area contributed by atoms with E-state index < -0.39 is 17.9 Å². The van der Waals surface area contributed by atoms with Gasteiger partial charge in [0.1, 0.15) is 12.4 Å². The van der Waals surface area contributed by atoms with Crippen molar-refractivity contribution in [2.45, 2.75) is 46.3 Å². The third kappa shape index (κ3) is 6.91. The fourth-order valence-corrected chi connectivity index (χ4v) is 4.66. The van der Waals surface area contributed by atoms with Crippen molar-refractivity contribution in [3.05, 3.63) is 81.9 Å². The maximum Gasteiger partial charge on any atom is 0.337 e. The lowest BCUT2D eigenvalue weighted by atomic mass is 9.80. The molecule has 10 heteroatoms. The summed E-state index contributed by atoms with van der Waals surface area (Å²) in [6.07, 6.45) is -0.344. The van der Waals surface area contributed by atoms with Gasteiger partial charge in [0.15, 0.2) is 11.5 Å². The summed E-state index contributed by atoms with van der Waals surface area (Å²) in [6.45, 7) is 8.31. The van der Waals surface area contributed by atoms with Gasteiger partial charge in [-0.05, 0) is 58.5 Å². The molecule has 0 saturated heterocycles. The Labute approximate surface area is 234 Å². The van der Waals surface area contributed by atoms with E-state index >= 15 is 0 Å². The molecule has 2 aliphatic heterocycles. The van der Waals surface area contributed by atoms with Crippen LogP contribution < -0.4 is 14.8 Å². The number of carbonyl (C=O) groups is 2. The number of dihydropyridines is 1. The van der Waals surface area contributed by atoms with Gasteiger partial charge >= 0.3 is 11.9 Å².